The number of H-pyrrole nitrogens is 1. The molecule has 0 radical (unpaired) electrons. The van der Waals surface area contributed by atoms with Crippen molar-refractivity contribution in [1.82, 2.24) is 25.1 Å². The number of rotatable bonds is 8. The summed E-state index contributed by atoms with van der Waals surface area (Å²) in [6, 6.07) is 13.0. The fourth-order valence-corrected chi connectivity index (χ4v) is 8.49. The average Bonchev–Trinajstić information content (AvgIpc) is 3.87. The van der Waals surface area contributed by atoms with Crippen LogP contribution in [0.5, 0.6) is 0 Å². The first kappa shape index (κ1) is 34.7. The number of hydrogen-bond acceptors (Lipinski definition) is 6. The maximum atomic E-state index is 13.7. The van der Waals surface area contributed by atoms with Gasteiger partial charge in [0.25, 0.3) is 0 Å². The van der Waals surface area contributed by atoms with Gasteiger partial charge in [-0.3, -0.25) is 20.1 Å². The number of aromatic nitrogens is 2. The van der Waals surface area contributed by atoms with Gasteiger partial charge in [-0.15, -0.1) is 11.3 Å². The molecule has 2 saturated heterocycles. The number of hydrogen-bond donors (Lipinski definition) is 2. The van der Waals surface area contributed by atoms with Crippen LogP contribution in [-0.4, -0.2) is 76.6 Å². The van der Waals surface area contributed by atoms with Crippen LogP contribution < -0.4 is 5.32 Å². The molecular weight excluding hydrogens is 633 g/mol. The van der Waals surface area contributed by atoms with Gasteiger partial charge in [0.15, 0.2) is 0 Å². The number of aliphatic imine (C=N–C) groups is 1. The van der Waals surface area contributed by atoms with E-state index in [0.717, 1.165) is 71.8 Å². The Hall–Kier alpha value is -4.18. The third kappa shape index (κ3) is 7.54. The lowest BCUT2D eigenvalue weighted by atomic mass is 9.88. The minimum Gasteiger partial charge on any atom is -0.447 e. The Morgan fingerprint density at radius 1 is 1.04 bits per heavy atom. The van der Waals surface area contributed by atoms with Crippen molar-refractivity contribution in [3.8, 4) is 11.3 Å². The van der Waals surface area contributed by atoms with E-state index in [0.29, 0.717) is 18.4 Å². The first-order valence-electron chi connectivity index (χ1n) is 17.6. The molecule has 2 unspecified atom stereocenters. The van der Waals surface area contributed by atoms with Gasteiger partial charge in [-0.05, 0) is 108 Å². The van der Waals surface area contributed by atoms with E-state index in [9.17, 15) is 9.59 Å². The van der Waals surface area contributed by atoms with Gasteiger partial charge in [0.2, 0.25) is 11.9 Å². The standard InChI is InChI=1S/C39H50N6O3S/c1-24(2)48-38(47)43-37(45-17-12-29(23-45)28-10-13-40-14-11-28)41-22-27(5)33-31-21-32(39(6,7)36(46)44-15-8-9-16-44)49-35(31)42-34(33)30-19-25(3)18-26(4)20-30/h10-11,13-14,18-21,24,27,29,42H,8-9,12,15-17,22-23H2,1-7H3,(H,41,43,47). The van der Waals surface area contributed by atoms with E-state index >= 15 is 0 Å². The van der Waals surface area contributed by atoms with Gasteiger partial charge in [0.1, 0.15) is 4.83 Å². The summed E-state index contributed by atoms with van der Waals surface area (Å²) in [7, 11) is 0. The highest BCUT2D eigenvalue weighted by molar-refractivity contribution is 7.19. The number of carbonyl (C=O) groups is 2. The lowest BCUT2D eigenvalue weighted by Gasteiger charge is -2.28. The highest BCUT2D eigenvalue weighted by Crippen LogP contribution is 2.43. The van der Waals surface area contributed by atoms with Crippen LogP contribution in [-0.2, 0) is 14.9 Å². The van der Waals surface area contributed by atoms with Crippen LogP contribution >= 0.6 is 11.3 Å². The van der Waals surface area contributed by atoms with Crippen molar-refractivity contribution >= 4 is 39.5 Å². The van der Waals surface area contributed by atoms with E-state index in [2.05, 4.69) is 91.2 Å². The van der Waals surface area contributed by atoms with Crippen LogP contribution in [0.2, 0.25) is 0 Å². The number of nitrogens with zero attached hydrogens (tertiary/aromatic N) is 4. The number of guanidine groups is 1. The second-order valence-corrected chi connectivity index (χ2v) is 15.7. The average molecular weight is 683 g/mol. The van der Waals surface area contributed by atoms with Gasteiger partial charge in [-0.25, -0.2) is 4.79 Å². The number of thiophene rings is 1. The van der Waals surface area contributed by atoms with E-state index in [1.54, 1.807) is 11.3 Å². The Morgan fingerprint density at radius 3 is 2.41 bits per heavy atom. The molecule has 4 aromatic rings. The Balaban J connectivity index is 1.35. The van der Waals surface area contributed by atoms with Crippen LogP contribution in [0.1, 0.15) is 92.8 Å². The number of alkyl carbamates (subject to hydrolysis) is 1. The Morgan fingerprint density at radius 2 is 1.73 bits per heavy atom. The number of likely N-dealkylation sites (tertiary alicyclic amines) is 2. The van der Waals surface area contributed by atoms with Crippen molar-refractivity contribution in [2.75, 3.05) is 32.7 Å². The van der Waals surface area contributed by atoms with E-state index in [-0.39, 0.29) is 17.9 Å². The quantitative estimate of drug-likeness (QED) is 0.145. The number of benzene rings is 1. The molecule has 9 nitrogen and oxygen atoms in total. The number of nitrogens with one attached hydrogen (secondary N) is 2. The normalized spacial score (nSPS) is 17.7. The van der Waals surface area contributed by atoms with Gasteiger partial charge < -0.3 is 19.5 Å². The van der Waals surface area contributed by atoms with Gasteiger partial charge >= 0.3 is 6.09 Å². The van der Waals surface area contributed by atoms with Gasteiger partial charge in [0.05, 0.1) is 17.2 Å². The third-order valence-corrected chi connectivity index (χ3v) is 11.2. The summed E-state index contributed by atoms with van der Waals surface area (Å²) in [6.45, 7) is 17.9. The number of carbonyl (C=O) groups excluding carboxylic acids is 2. The van der Waals surface area contributed by atoms with Gasteiger partial charge in [-0.2, -0.15) is 0 Å². The van der Waals surface area contributed by atoms with E-state index in [1.165, 1.54) is 22.3 Å². The van der Waals surface area contributed by atoms with Crippen LogP contribution in [0, 0.1) is 13.8 Å². The predicted octanol–water partition coefficient (Wildman–Crippen LogP) is 7.89. The summed E-state index contributed by atoms with van der Waals surface area (Å²) in [6.07, 6.45) is 6.02. The molecule has 2 aliphatic heterocycles. The zero-order valence-electron chi connectivity index (χ0n) is 29.9. The van der Waals surface area contributed by atoms with Gasteiger partial charge in [0, 0.05) is 67.2 Å². The number of fused-ring (bicyclic) bond motifs is 1. The van der Waals surface area contributed by atoms with Crippen molar-refractivity contribution in [2.45, 2.75) is 91.1 Å². The summed E-state index contributed by atoms with van der Waals surface area (Å²) in [5, 5.41) is 4.11. The lowest BCUT2D eigenvalue weighted by molar-refractivity contribution is -0.135. The van der Waals surface area contributed by atoms with E-state index in [4.69, 9.17) is 9.73 Å². The summed E-state index contributed by atoms with van der Waals surface area (Å²) >= 11 is 1.68. The van der Waals surface area contributed by atoms with Crippen LogP contribution in [0.4, 0.5) is 4.79 Å². The first-order chi connectivity index (χ1) is 23.4. The van der Waals surface area contributed by atoms with Crippen LogP contribution in [0.15, 0.2) is 53.8 Å². The summed E-state index contributed by atoms with van der Waals surface area (Å²) in [4.78, 5) is 45.9. The molecule has 10 heteroatoms. The minimum atomic E-state index is -0.622. The highest BCUT2D eigenvalue weighted by atomic mass is 32.1. The van der Waals surface area contributed by atoms with Crippen molar-refractivity contribution in [3.63, 3.8) is 0 Å². The number of amides is 2. The summed E-state index contributed by atoms with van der Waals surface area (Å²) in [5.41, 5.74) is 6.42. The molecule has 0 saturated carbocycles. The Bertz CT molecular complexity index is 1820. The molecular formula is C39H50N6O3S. The molecule has 2 aliphatic rings. The number of pyridine rings is 1. The fourth-order valence-electron chi connectivity index (χ4n) is 7.32. The molecule has 260 valence electrons. The monoisotopic (exact) mass is 682 g/mol. The first-order valence-corrected chi connectivity index (χ1v) is 18.4. The minimum absolute atomic E-state index is 0.000862. The van der Waals surface area contributed by atoms with Crippen molar-refractivity contribution in [1.29, 1.82) is 0 Å². The zero-order valence-corrected chi connectivity index (χ0v) is 30.7. The molecule has 2 amide bonds. The van der Waals surface area contributed by atoms with E-state index in [1.807, 2.05) is 31.1 Å². The molecule has 2 N–H and O–H groups in total. The topological polar surface area (TPSA) is 103 Å². The SMILES string of the molecule is Cc1cc(C)cc(-c2[nH]c3sc(C(C)(C)C(=O)N4CCCC4)cc3c2C(C)CN=C(NC(=O)OC(C)C)N2CCC(c3ccncc3)C2)c1. The fraction of sp³-hybridized carbons (Fsp3) is 0.487. The van der Waals surface area contributed by atoms with E-state index < -0.39 is 11.5 Å². The third-order valence-electron chi connectivity index (χ3n) is 9.81. The van der Waals surface area contributed by atoms with Gasteiger partial charge in [-0.1, -0.05) is 24.1 Å². The number of aromatic amines is 1. The summed E-state index contributed by atoms with van der Waals surface area (Å²) in [5.74, 6) is 1.06. The molecule has 0 bridgehead atoms. The Labute approximate surface area is 294 Å². The second kappa shape index (κ2) is 14.4. The molecule has 0 aliphatic carbocycles. The van der Waals surface area contributed by atoms with Crippen molar-refractivity contribution in [3.05, 3.63) is 75.9 Å². The lowest BCUT2D eigenvalue weighted by Crippen LogP contribution is -2.44. The largest absolute Gasteiger partial charge is 0.447 e. The summed E-state index contributed by atoms with van der Waals surface area (Å²) < 4.78 is 5.48. The maximum absolute atomic E-state index is 13.7. The van der Waals surface area contributed by atoms with Crippen molar-refractivity contribution in [2.24, 2.45) is 4.99 Å². The molecule has 2 fully saturated rings. The molecule has 2 atom stereocenters. The second-order valence-electron chi connectivity index (χ2n) is 14.6. The number of aryl methyl sites for hydroxylation is 2. The molecule has 1 aromatic carbocycles. The Kier molecular flexibility index (Phi) is 10.2. The molecule has 49 heavy (non-hydrogen) atoms. The van der Waals surface area contributed by atoms with Crippen molar-refractivity contribution < 1.29 is 14.3 Å². The molecule has 5 heterocycles. The smallest absolute Gasteiger partial charge is 0.414 e. The highest BCUT2D eigenvalue weighted by Gasteiger charge is 2.37. The molecule has 3 aromatic heterocycles. The number of ether oxygens (including phenoxy) is 1. The van der Waals surface area contributed by atoms with Crippen LogP contribution in [0.25, 0.3) is 21.5 Å². The molecule has 0 spiro atoms. The maximum Gasteiger partial charge on any atom is 0.414 e. The van der Waals surface area contributed by atoms with Crippen LogP contribution in [0.3, 0.4) is 0 Å². The molecule has 6 rings (SSSR count). The zero-order chi connectivity index (χ0) is 34.9. The predicted molar refractivity (Wildman–Crippen MR) is 199 cm³/mol.